The van der Waals surface area contributed by atoms with Gasteiger partial charge in [0.1, 0.15) is 0 Å². The number of rotatable bonds is 5. The second kappa shape index (κ2) is 6.46. The van der Waals surface area contributed by atoms with Crippen molar-refractivity contribution in [2.75, 3.05) is 0 Å². The highest BCUT2D eigenvalue weighted by Crippen LogP contribution is 2.34. The molecule has 4 nitrogen and oxygen atoms in total. The van der Waals surface area contributed by atoms with Crippen LogP contribution in [0.3, 0.4) is 0 Å². The lowest BCUT2D eigenvalue weighted by Gasteiger charge is -2.21. The zero-order chi connectivity index (χ0) is 15.6. The van der Waals surface area contributed by atoms with Gasteiger partial charge in [0.05, 0.1) is 4.90 Å². The molecule has 0 amide bonds. The highest BCUT2D eigenvalue weighted by Gasteiger charge is 2.34. The molecular weight excluding hydrogens is 284 g/mol. The van der Waals surface area contributed by atoms with E-state index in [4.69, 9.17) is 5.73 Å². The molecule has 0 aromatic heterocycles. The number of nitrogens with two attached hydrogens (primary N) is 1. The lowest BCUT2D eigenvalue weighted by molar-refractivity contribution is 0.368. The van der Waals surface area contributed by atoms with Gasteiger partial charge in [-0.2, -0.15) is 0 Å². The third-order valence-electron chi connectivity index (χ3n) is 4.77. The van der Waals surface area contributed by atoms with E-state index in [-0.39, 0.29) is 12.1 Å². The number of benzene rings is 1. The summed E-state index contributed by atoms with van der Waals surface area (Å²) in [5.74, 6) is 1.02. The Hall–Kier alpha value is -0.910. The molecule has 1 fully saturated rings. The van der Waals surface area contributed by atoms with E-state index in [9.17, 15) is 8.42 Å². The van der Waals surface area contributed by atoms with Gasteiger partial charge in [0.2, 0.25) is 10.0 Å². The molecule has 4 unspecified atom stereocenters. The number of hydrogen-bond acceptors (Lipinski definition) is 3. The van der Waals surface area contributed by atoms with Gasteiger partial charge in [-0.25, -0.2) is 13.1 Å². The smallest absolute Gasteiger partial charge is 0.240 e. The summed E-state index contributed by atoms with van der Waals surface area (Å²) in [7, 11) is -3.44. The van der Waals surface area contributed by atoms with Crippen LogP contribution in [0.4, 0.5) is 0 Å². The van der Waals surface area contributed by atoms with Crippen LogP contribution >= 0.6 is 0 Å². The van der Waals surface area contributed by atoms with Crippen LogP contribution in [0.15, 0.2) is 29.2 Å². The van der Waals surface area contributed by atoms with Crippen LogP contribution in [0.1, 0.15) is 51.6 Å². The molecule has 1 aromatic carbocycles. The molecule has 21 heavy (non-hydrogen) atoms. The Balaban J connectivity index is 2.12. The fourth-order valence-corrected chi connectivity index (χ4v) is 4.57. The van der Waals surface area contributed by atoms with E-state index in [1.54, 1.807) is 24.3 Å². The minimum atomic E-state index is -3.44. The number of nitrogens with one attached hydrogen (secondary N) is 1. The highest BCUT2D eigenvalue weighted by molar-refractivity contribution is 7.89. The van der Waals surface area contributed by atoms with Gasteiger partial charge in [-0.15, -0.1) is 0 Å². The summed E-state index contributed by atoms with van der Waals surface area (Å²) in [5, 5.41) is 0. The summed E-state index contributed by atoms with van der Waals surface area (Å²) in [6.45, 7) is 6.20. The van der Waals surface area contributed by atoms with E-state index in [1.807, 2.05) is 6.92 Å². The molecule has 0 aliphatic heterocycles. The van der Waals surface area contributed by atoms with Gasteiger partial charge in [0.25, 0.3) is 0 Å². The van der Waals surface area contributed by atoms with Gasteiger partial charge in [-0.3, -0.25) is 0 Å². The normalized spacial score (nSPS) is 27.7. The fraction of sp³-hybridized carbons (Fsp3) is 0.625. The Bertz CT molecular complexity index is 566. The lowest BCUT2D eigenvalue weighted by Crippen LogP contribution is -2.37. The average Bonchev–Trinajstić information content (AvgIpc) is 2.79. The standard InChI is InChI=1S/C16H26N2O2S/c1-4-13-7-10-16(11(13)2)18-21(19,20)15-8-5-14(6-9-15)12(3)17/h5-6,8-9,11-13,16,18H,4,7,10,17H2,1-3H3. The minimum Gasteiger partial charge on any atom is -0.324 e. The molecule has 118 valence electrons. The maximum absolute atomic E-state index is 12.5. The van der Waals surface area contributed by atoms with E-state index in [0.717, 1.165) is 24.8 Å². The first-order chi connectivity index (χ1) is 9.85. The summed E-state index contributed by atoms with van der Waals surface area (Å²) < 4.78 is 27.8. The van der Waals surface area contributed by atoms with Crippen LogP contribution < -0.4 is 10.5 Å². The van der Waals surface area contributed by atoms with Crippen LogP contribution in [-0.4, -0.2) is 14.5 Å². The van der Waals surface area contributed by atoms with Crippen molar-refractivity contribution in [1.82, 2.24) is 4.72 Å². The minimum absolute atomic E-state index is 0.0491. The van der Waals surface area contributed by atoms with Gasteiger partial charge in [-0.05, 0) is 49.3 Å². The van der Waals surface area contributed by atoms with Crippen molar-refractivity contribution in [2.24, 2.45) is 17.6 Å². The van der Waals surface area contributed by atoms with Crippen LogP contribution in [0.25, 0.3) is 0 Å². The van der Waals surface area contributed by atoms with E-state index in [2.05, 4.69) is 18.6 Å². The maximum Gasteiger partial charge on any atom is 0.240 e. The first kappa shape index (κ1) is 16.5. The zero-order valence-electron chi connectivity index (χ0n) is 13.0. The van der Waals surface area contributed by atoms with Crippen LogP contribution in [0.2, 0.25) is 0 Å². The molecule has 1 saturated carbocycles. The summed E-state index contributed by atoms with van der Waals surface area (Å²) in [4.78, 5) is 0.319. The molecule has 0 bridgehead atoms. The number of hydrogen-bond donors (Lipinski definition) is 2. The Labute approximate surface area is 128 Å². The Kier molecular flexibility index (Phi) is 5.07. The predicted molar refractivity (Wildman–Crippen MR) is 85.3 cm³/mol. The van der Waals surface area contributed by atoms with Crippen molar-refractivity contribution >= 4 is 10.0 Å². The van der Waals surface area contributed by atoms with Crippen molar-refractivity contribution in [2.45, 2.75) is 57.0 Å². The predicted octanol–water partition coefficient (Wildman–Crippen LogP) is 2.81. The van der Waals surface area contributed by atoms with Crippen LogP contribution in [-0.2, 0) is 10.0 Å². The Morgan fingerprint density at radius 1 is 1.29 bits per heavy atom. The molecule has 3 N–H and O–H groups in total. The largest absolute Gasteiger partial charge is 0.324 e. The van der Waals surface area contributed by atoms with Crippen molar-refractivity contribution < 1.29 is 8.42 Å². The van der Waals surface area contributed by atoms with Crippen molar-refractivity contribution in [1.29, 1.82) is 0 Å². The molecule has 0 spiro atoms. The Morgan fingerprint density at radius 3 is 2.38 bits per heavy atom. The van der Waals surface area contributed by atoms with Gasteiger partial charge in [-0.1, -0.05) is 32.4 Å². The molecule has 5 heteroatoms. The second-order valence-corrected chi connectivity index (χ2v) is 7.90. The summed E-state index contributed by atoms with van der Waals surface area (Å²) >= 11 is 0. The molecule has 4 atom stereocenters. The summed E-state index contributed by atoms with van der Waals surface area (Å²) in [5.41, 5.74) is 6.73. The van der Waals surface area contributed by atoms with Gasteiger partial charge in [0.15, 0.2) is 0 Å². The highest BCUT2D eigenvalue weighted by atomic mass is 32.2. The zero-order valence-corrected chi connectivity index (χ0v) is 13.9. The van der Waals surface area contributed by atoms with Crippen molar-refractivity contribution in [3.63, 3.8) is 0 Å². The first-order valence-electron chi connectivity index (χ1n) is 7.73. The van der Waals surface area contributed by atoms with Gasteiger partial charge >= 0.3 is 0 Å². The lowest BCUT2D eigenvalue weighted by atomic mass is 9.94. The monoisotopic (exact) mass is 310 g/mol. The van der Waals surface area contributed by atoms with E-state index in [1.165, 1.54) is 0 Å². The SMILES string of the molecule is CCC1CCC(NS(=O)(=O)c2ccc(C(C)N)cc2)C1C. The van der Waals surface area contributed by atoms with E-state index in [0.29, 0.717) is 16.7 Å². The molecule has 0 radical (unpaired) electrons. The van der Waals surface area contributed by atoms with E-state index >= 15 is 0 Å². The average molecular weight is 310 g/mol. The topological polar surface area (TPSA) is 72.2 Å². The molecule has 1 aliphatic rings. The van der Waals surface area contributed by atoms with Crippen molar-refractivity contribution in [3.05, 3.63) is 29.8 Å². The molecular formula is C16H26N2O2S. The van der Waals surface area contributed by atoms with Crippen LogP contribution in [0, 0.1) is 11.8 Å². The van der Waals surface area contributed by atoms with E-state index < -0.39 is 10.0 Å². The molecule has 1 aliphatic carbocycles. The van der Waals surface area contributed by atoms with Gasteiger partial charge in [0, 0.05) is 12.1 Å². The van der Waals surface area contributed by atoms with Crippen molar-refractivity contribution in [3.8, 4) is 0 Å². The third kappa shape index (κ3) is 3.65. The molecule has 0 heterocycles. The maximum atomic E-state index is 12.5. The van der Waals surface area contributed by atoms with Crippen LogP contribution in [0.5, 0.6) is 0 Å². The second-order valence-electron chi connectivity index (χ2n) is 6.19. The number of sulfonamides is 1. The Morgan fingerprint density at radius 2 is 1.90 bits per heavy atom. The molecule has 2 rings (SSSR count). The third-order valence-corrected chi connectivity index (χ3v) is 6.28. The molecule has 0 saturated heterocycles. The first-order valence-corrected chi connectivity index (χ1v) is 9.21. The molecule has 1 aromatic rings. The summed E-state index contributed by atoms with van der Waals surface area (Å²) in [6, 6.07) is 6.80. The quantitative estimate of drug-likeness (QED) is 0.878. The van der Waals surface area contributed by atoms with Gasteiger partial charge < -0.3 is 5.73 Å². The summed E-state index contributed by atoms with van der Waals surface area (Å²) in [6.07, 6.45) is 3.15. The fourth-order valence-electron chi connectivity index (χ4n) is 3.21.